The Morgan fingerprint density at radius 1 is 1.00 bits per heavy atom. The first kappa shape index (κ1) is 25.1. The Balaban J connectivity index is 1.56. The summed E-state index contributed by atoms with van der Waals surface area (Å²) in [4.78, 5) is 41.4. The topological polar surface area (TPSA) is 94.8 Å². The van der Waals surface area contributed by atoms with Gasteiger partial charge in [0.15, 0.2) is 0 Å². The number of para-hydroxylation sites is 1. The zero-order valence-electron chi connectivity index (χ0n) is 21.1. The fourth-order valence-electron chi connectivity index (χ4n) is 4.75. The van der Waals surface area contributed by atoms with Gasteiger partial charge in [-0.3, -0.25) is 18.7 Å². The second-order valence-corrected chi connectivity index (χ2v) is 8.79. The highest BCUT2D eigenvalue weighted by atomic mass is 16.5. The fraction of sp³-hybridized carbons (Fsp3) is 0.370. The van der Waals surface area contributed by atoms with Crippen LogP contribution in [0.25, 0.3) is 5.69 Å². The van der Waals surface area contributed by atoms with Crippen LogP contribution in [0.5, 0.6) is 11.5 Å². The number of nitrogens with one attached hydrogen (secondary N) is 1. The number of carbonyl (C=O) groups is 1. The predicted octanol–water partition coefficient (Wildman–Crippen LogP) is 3.20. The van der Waals surface area contributed by atoms with E-state index in [0.717, 1.165) is 0 Å². The molecule has 1 aliphatic heterocycles. The Kier molecular flexibility index (Phi) is 7.47. The molecule has 9 nitrogen and oxygen atoms in total. The second kappa shape index (κ2) is 10.7. The second-order valence-electron chi connectivity index (χ2n) is 8.79. The van der Waals surface area contributed by atoms with Gasteiger partial charge in [-0.1, -0.05) is 18.2 Å². The van der Waals surface area contributed by atoms with Crippen molar-refractivity contribution in [1.82, 2.24) is 9.13 Å². The van der Waals surface area contributed by atoms with Gasteiger partial charge in [-0.05, 0) is 38.8 Å². The minimum Gasteiger partial charge on any atom is -0.497 e. The Hall–Kier alpha value is -4.01. The summed E-state index contributed by atoms with van der Waals surface area (Å²) in [6.07, 6.45) is 1.17. The van der Waals surface area contributed by atoms with Crippen LogP contribution < -0.4 is 30.9 Å². The Labute approximate surface area is 209 Å². The normalized spacial score (nSPS) is 13.9. The van der Waals surface area contributed by atoms with E-state index >= 15 is 0 Å². The van der Waals surface area contributed by atoms with E-state index in [1.165, 1.54) is 4.57 Å². The van der Waals surface area contributed by atoms with Crippen LogP contribution >= 0.6 is 0 Å². The van der Waals surface area contributed by atoms with Gasteiger partial charge < -0.3 is 19.7 Å². The molecule has 2 aromatic carbocycles. The molecular weight excluding hydrogens is 460 g/mol. The van der Waals surface area contributed by atoms with E-state index in [2.05, 4.69) is 5.32 Å². The standard InChI is InChI=1S/C27H32N4O5/c1-5-30-26(33)24(18(2)31(27(30)34)21-9-7-6-8-10-21)29-13-11-19(12-14-29)25(32)28-20-15-22(35-3)17-23(16-20)36-4/h6-10,15-17,19H,5,11-14H2,1-4H3,(H,28,32). The monoisotopic (exact) mass is 492 g/mol. The molecule has 0 spiro atoms. The molecule has 0 saturated carbocycles. The third-order valence-electron chi connectivity index (χ3n) is 6.68. The lowest BCUT2D eigenvalue weighted by Crippen LogP contribution is -2.46. The highest BCUT2D eigenvalue weighted by Crippen LogP contribution is 2.28. The number of carbonyl (C=O) groups excluding carboxylic acids is 1. The number of hydrogen-bond donors (Lipinski definition) is 1. The van der Waals surface area contributed by atoms with Crippen LogP contribution in [0.2, 0.25) is 0 Å². The van der Waals surface area contributed by atoms with Crippen molar-refractivity contribution in [3.05, 3.63) is 75.1 Å². The highest BCUT2D eigenvalue weighted by Gasteiger charge is 2.29. The first-order valence-electron chi connectivity index (χ1n) is 12.1. The van der Waals surface area contributed by atoms with Crippen LogP contribution in [0.4, 0.5) is 11.4 Å². The van der Waals surface area contributed by atoms with E-state index in [1.807, 2.05) is 35.2 Å². The Morgan fingerprint density at radius 2 is 1.61 bits per heavy atom. The number of amides is 1. The zero-order chi connectivity index (χ0) is 25.8. The number of nitrogens with zero attached hydrogens (tertiary/aromatic N) is 3. The maximum atomic E-state index is 13.3. The molecule has 0 radical (unpaired) electrons. The van der Waals surface area contributed by atoms with Gasteiger partial charge in [-0.15, -0.1) is 0 Å². The van der Waals surface area contributed by atoms with E-state index in [1.54, 1.807) is 50.8 Å². The van der Waals surface area contributed by atoms with E-state index in [-0.39, 0.29) is 29.6 Å². The van der Waals surface area contributed by atoms with Gasteiger partial charge in [-0.2, -0.15) is 0 Å². The molecule has 2 heterocycles. The van der Waals surface area contributed by atoms with Crippen molar-refractivity contribution in [3.8, 4) is 17.2 Å². The molecule has 0 atom stereocenters. The summed E-state index contributed by atoms with van der Waals surface area (Å²) < 4.78 is 13.4. The number of benzene rings is 2. The van der Waals surface area contributed by atoms with Crippen molar-refractivity contribution < 1.29 is 14.3 Å². The summed E-state index contributed by atoms with van der Waals surface area (Å²) >= 11 is 0. The summed E-state index contributed by atoms with van der Waals surface area (Å²) in [6.45, 7) is 4.95. The van der Waals surface area contributed by atoms with Crippen molar-refractivity contribution >= 4 is 17.3 Å². The van der Waals surface area contributed by atoms with Gasteiger partial charge in [0.1, 0.15) is 17.2 Å². The number of aromatic nitrogens is 2. The largest absolute Gasteiger partial charge is 0.497 e. The SMILES string of the molecule is CCn1c(=O)c(N2CCC(C(=O)Nc3cc(OC)cc(OC)c3)CC2)c(C)n(-c2ccccc2)c1=O. The van der Waals surface area contributed by atoms with Crippen molar-refractivity contribution in [2.75, 3.05) is 37.5 Å². The molecule has 1 aliphatic rings. The maximum Gasteiger partial charge on any atom is 0.335 e. The van der Waals surface area contributed by atoms with Gasteiger partial charge >= 0.3 is 5.69 Å². The quantitative estimate of drug-likeness (QED) is 0.544. The summed E-state index contributed by atoms with van der Waals surface area (Å²) in [5.41, 5.74) is 1.79. The smallest absolute Gasteiger partial charge is 0.335 e. The molecule has 3 aromatic rings. The molecular formula is C27H32N4O5. The zero-order valence-corrected chi connectivity index (χ0v) is 21.1. The molecule has 4 rings (SSSR count). The van der Waals surface area contributed by atoms with E-state index in [4.69, 9.17) is 9.47 Å². The van der Waals surface area contributed by atoms with Crippen molar-refractivity contribution in [3.63, 3.8) is 0 Å². The third kappa shape index (κ3) is 4.86. The summed E-state index contributed by atoms with van der Waals surface area (Å²) in [6, 6.07) is 14.6. The summed E-state index contributed by atoms with van der Waals surface area (Å²) in [5, 5.41) is 2.97. The number of piperidine rings is 1. The van der Waals surface area contributed by atoms with E-state index in [0.29, 0.717) is 60.2 Å². The molecule has 0 unspecified atom stereocenters. The van der Waals surface area contributed by atoms with Crippen LogP contribution in [0.3, 0.4) is 0 Å². The van der Waals surface area contributed by atoms with Crippen LogP contribution in [-0.2, 0) is 11.3 Å². The highest BCUT2D eigenvalue weighted by molar-refractivity contribution is 5.93. The molecule has 0 aliphatic carbocycles. The predicted molar refractivity (Wildman–Crippen MR) is 140 cm³/mol. The lowest BCUT2D eigenvalue weighted by atomic mass is 9.95. The molecule has 9 heteroatoms. The number of anilines is 2. The van der Waals surface area contributed by atoms with E-state index < -0.39 is 0 Å². The molecule has 1 fully saturated rings. The molecule has 1 N–H and O–H groups in total. The molecule has 36 heavy (non-hydrogen) atoms. The lowest BCUT2D eigenvalue weighted by molar-refractivity contribution is -0.120. The first-order valence-corrected chi connectivity index (χ1v) is 12.1. The van der Waals surface area contributed by atoms with Gasteiger partial charge in [0, 0.05) is 49.4 Å². The van der Waals surface area contributed by atoms with Gasteiger partial charge in [0.05, 0.1) is 25.6 Å². The number of rotatable bonds is 7. The third-order valence-corrected chi connectivity index (χ3v) is 6.68. The molecule has 190 valence electrons. The van der Waals surface area contributed by atoms with Gasteiger partial charge in [0.2, 0.25) is 5.91 Å². The minimum atomic E-state index is -0.349. The average molecular weight is 493 g/mol. The Morgan fingerprint density at radius 3 is 2.17 bits per heavy atom. The van der Waals surface area contributed by atoms with Crippen molar-refractivity contribution in [2.24, 2.45) is 5.92 Å². The molecule has 1 amide bonds. The van der Waals surface area contributed by atoms with Crippen LogP contribution in [-0.4, -0.2) is 42.4 Å². The van der Waals surface area contributed by atoms with Crippen LogP contribution in [0.15, 0.2) is 58.1 Å². The number of hydrogen-bond acceptors (Lipinski definition) is 6. The number of ether oxygens (including phenoxy) is 2. The van der Waals surface area contributed by atoms with Crippen LogP contribution in [0, 0.1) is 12.8 Å². The van der Waals surface area contributed by atoms with Crippen LogP contribution in [0.1, 0.15) is 25.5 Å². The summed E-state index contributed by atoms with van der Waals surface area (Å²) in [7, 11) is 3.12. The maximum absolute atomic E-state index is 13.3. The van der Waals surface area contributed by atoms with Crippen molar-refractivity contribution in [2.45, 2.75) is 33.2 Å². The first-order chi connectivity index (χ1) is 17.4. The Bertz CT molecular complexity index is 1330. The summed E-state index contributed by atoms with van der Waals surface area (Å²) in [5.74, 6) is 0.903. The fourth-order valence-corrected chi connectivity index (χ4v) is 4.75. The van der Waals surface area contributed by atoms with Crippen molar-refractivity contribution in [1.29, 1.82) is 0 Å². The molecule has 1 aromatic heterocycles. The lowest BCUT2D eigenvalue weighted by Gasteiger charge is -2.34. The van der Waals surface area contributed by atoms with Gasteiger partial charge in [-0.25, -0.2) is 4.79 Å². The van der Waals surface area contributed by atoms with Gasteiger partial charge in [0.25, 0.3) is 5.56 Å². The van der Waals surface area contributed by atoms with E-state index in [9.17, 15) is 14.4 Å². The average Bonchev–Trinajstić information content (AvgIpc) is 2.89. The number of methoxy groups -OCH3 is 2. The molecule has 1 saturated heterocycles. The molecule has 0 bridgehead atoms. The minimum absolute atomic E-state index is 0.0816.